The Morgan fingerprint density at radius 1 is 0.875 bits per heavy atom. The molecule has 3 aromatic carbocycles. The van der Waals surface area contributed by atoms with E-state index in [0.717, 1.165) is 26.6 Å². The van der Waals surface area contributed by atoms with Gasteiger partial charge in [-0.25, -0.2) is 8.42 Å². The molecule has 3 rings (SSSR count). The van der Waals surface area contributed by atoms with Crippen molar-refractivity contribution in [2.75, 3.05) is 23.3 Å². The lowest BCUT2D eigenvalue weighted by molar-refractivity contribution is -0.114. The van der Waals surface area contributed by atoms with Crippen molar-refractivity contribution in [2.45, 2.75) is 32.6 Å². The van der Waals surface area contributed by atoms with E-state index in [1.165, 1.54) is 7.11 Å². The molecule has 0 radical (unpaired) electrons. The molecule has 32 heavy (non-hydrogen) atoms. The van der Waals surface area contributed by atoms with Gasteiger partial charge in [0.1, 0.15) is 17.2 Å². The van der Waals surface area contributed by atoms with Gasteiger partial charge in [-0.2, -0.15) is 0 Å². The Morgan fingerprint density at radius 2 is 1.53 bits per heavy atom. The molecule has 0 bridgehead atoms. The van der Waals surface area contributed by atoms with Gasteiger partial charge in [-0.05, 0) is 80.8 Å². The molecule has 0 unspecified atom stereocenters. The van der Waals surface area contributed by atoms with Crippen LogP contribution in [0.15, 0.2) is 65.6 Å². The highest BCUT2D eigenvalue weighted by Crippen LogP contribution is 2.31. The second-order valence-electron chi connectivity index (χ2n) is 7.85. The van der Waals surface area contributed by atoms with Gasteiger partial charge in [0.05, 0.1) is 12.8 Å². The third-order valence-electron chi connectivity index (χ3n) is 5.29. The molecule has 0 aliphatic rings. The van der Waals surface area contributed by atoms with E-state index in [1.54, 1.807) is 42.5 Å². The van der Waals surface area contributed by atoms with Crippen LogP contribution in [0.1, 0.15) is 22.3 Å². The molecule has 3 aromatic rings. The summed E-state index contributed by atoms with van der Waals surface area (Å²) in [5, 5.41) is 2.78. The fourth-order valence-electron chi connectivity index (χ4n) is 3.27. The molecule has 1 N–H and O–H groups in total. The van der Waals surface area contributed by atoms with Gasteiger partial charge in [0.2, 0.25) is 5.91 Å². The zero-order valence-electron chi connectivity index (χ0n) is 19.0. The Kier molecular flexibility index (Phi) is 6.89. The van der Waals surface area contributed by atoms with Gasteiger partial charge in [0.15, 0.2) is 0 Å². The highest BCUT2D eigenvalue weighted by molar-refractivity contribution is 7.93. The Labute approximate surface area is 189 Å². The van der Waals surface area contributed by atoms with Crippen molar-refractivity contribution in [3.05, 3.63) is 82.9 Å². The summed E-state index contributed by atoms with van der Waals surface area (Å²) in [5.74, 6) is -0.217. The Bertz CT molecular complexity index is 1240. The number of aryl methyl sites for hydroxylation is 4. The monoisotopic (exact) mass is 452 g/mol. The Balaban J connectivity index is 2.04. The average molecular weight is 453 g/mol. The molecule has 0 saturated carbocycles. The number of benzene rings is 3. The van der Waals surface area contributed by atoms with E-state index in [4.69, 9.17) is 4.74 Å². The molecule has 0 aliphatic carbocycles. The van der Waals surface area contributed by atoms with Crippen LogP contribution in [0.2, 0.25) is 0 Å². The second kappa shape index (κ2) is 9.44. The summed E-state index contributed by atoms with van der Waals surface area (Å²) in [6.45, 7) is 7.24. The van der Waals surface area contributed by atoms with Gasteiger partial charge in [0.25, 0.3) is 10.0 Å². The maximum absolute atomic E-state index is 13.8. The van der Waals surface area contributed by atoms with Gasteiger partial charge in [0, 0.05) is 5.69 Å². The first-order valence-corrected chi connectivity index (χ1v) is 11.7. The molecule has 6 nitrogen and oxygen atoms in total. The Hall–Kier alpha value is -3.32. The van der Waals surface area contributed by atoms with Gasteiger partial charge < -0.3 is 10.1 Å². The molecular formula is C25H28N2O4S. The summed E-state index contributed by atoms with van der Waals surface area (Å²) in [6.07, 6.45) is 0. The smallest absolute Gasteiger partial charge is 0.268 e. The van der Waals surface area contributed by atoms with E-state index in [1.807, 2.05) is 45.9 Å². The number of nitrogens with one attached hydrogen (secondary N) is 1. The van der Waals surface area contributed by atoms with Gasteiger partial charge in [-0.3, -0.25) is 9.10 Å². The largest absolute Gasteiger partial charge is 0.495 e. The number of rotatable bonds is 7. The average Bonchev–Trinajstić information content (AvgIpc) is 2.75. The molecule has 0 heterocycles. The number of nitrogens with zero attached hydrogens (tertiary/aromatic N) is 1. The molecule has 168 valence electrons. The predicted octanol–water partition coefficient (Wildman–Crippen LogP) is 4.76. The summed E-state index contributed by atoms with van der Waals surface area (Å²) in [6, 6.07) is 17.6. The summed E-state index contributed by atoms with van der Waals surface area (Å²) in [4.78, 5) is 12.9. The van der Waals surface area contributed by atoms with Crippen molar-refractivity contribution >= 4 is 27.3 Å². The predicted molar refractivity (Wildman–Crippen MR) is 128 cm³/mol. The molecule has 0 atom stereocenters. The molecular weight excluding hydrogens is 424 g/mol. The number of carbonyl (C=O) groups is 1. The van der Waals surface area contributed by atoms with Crippen molar-refractivity contribution in [1.29, 1.82) is 0 Å². The van der Waals surface area contributed by atoms with E-state index in [0.29, 0.717) is 11.4 Å². The molecule has 0 saturated heterocycles. The van der Waals surface area contributed by atoms with Crippen LogP contribution < -0.4 is 14.4 Å². The number of hydrogen-bond donors (Lipinski definition) is 1. The van der Waals surface area contributed by atoms with Crippen LogP contribution in [0.25, 0.3) is 0 Å². The number of anilines is 2. The molecule has 0 fully saturated rings. The lowest BCUT2D eigenvalue weighted by Crippen LogP contribution is -2.38. The van der Waals surface area contributed by atoms with Crippen molar-refractivity contribution in [3.63, 3.8) is 0 Å². The van der Waals surface area contributed by atoms with E-state index in [-0.39, 0.29) is 17.2 Å². The highest BCUT2D eigenvalue weighted by atomic mass is 32.2. The standard InChI is InChI=1S/C25H28N2O4S/c1-17-6-10-21(11-7-17)26-25(28)16-27(22-12-9-19(3)20(4)15-22)32(29,30)24-14-18(2)8-13-23(24)31-5/h6-15H,16H2,1-5H3,(H,26,28). The summed E-state index contributed by atoms with van der Waals surface area (Å²) in [5.41, 5.74) is 4.81. The summed E-state index contributed by atoms with van der Waals surface area (Å²) >= 11 is 0. The Morgan fingerprint density at radius 3 is 2.16 bits per heavy atom. The second-order valence-corrected chi connectivity index (χ2v) is 9.68. The van der Waals surface area contributed by atoms with Crippen molar-refractivity contribution in [1.82, 2.24) is 0 Å². The zero-order chi connectivity index (χ0) is 23.5. The van der Waals surface area contributed by atoms with Crippen molar-refractivity contribution < 1.29 is 17.9 Å². The first-order valence-electron chi connectivity index (χ1n) is 10.2. The van der Waals surface area contributed by atoms with E-state index >= 15 is 0 Å². The first-order chi connectivity index (χ1) is 15.1. The van der Waals surface area contributed by atoms with Gasteiger partial charge in [-0.1, -0.05) is 29.8 Å². The fraction of sp³-hybridized carbons (Fsp3) is 0.240. The van der Waals surface area contributed by atoms with E-state index in [9.17, 15) is 13.2 Å². The number of methoxy groups -OCH3 is 1. The van der Waals surface area contributed by atoms with Crippen molar-refractivity contribution in [3.8, 4) is 5.75 Å². The van der Waals surface area contributed by atoms with Crippen LogP contribution in [0, 0.1) is 27.7 Å². The number of ether oxygens (including phenoxy) is 1. The minimum absolute atomic E-state index is 0.0152. The van der Waals surface area contributed by atoms with E-state index < -0.39 is 15.9 Å². The van der Waals surface area contributed by atoms with Crippen LogP contribution in [0.3, 0.4) is 0 Å². The van der Waals surface area contributed by atoms with Gasteiger partial charge >= 0.3 is 0 Å². The first kappa shape index (κ1) is 23.3. The normalized spacial score (nSPS) is 11.2. The lowest BCUT2D eigenvalue weighted by atomic mass is 10.1. The number of sulfonamides is 1. The maximum Gasteiger partial charge on any atom is 0.268 e. The number of hydrogen-bond acceptors (Lipinski definition) is 4. The van der Waals surface area contributed by atoms with Crippen LogP contribution >= 0.6 is 0 Å². The lowest BCUT2D eigenvalue weighted by Gasteiger charge is -2.26. The molecule has 0 aromatic heterocycles. The zero-order valence-corrected chi connectivity index (χ0v) is 19.8. The minimum atomic E-state index is -4.10. The third-order valence-corrected chi connectivity index (χ3v) is 7.08. The van der Waals surface area contributed by atoms with E-state index in [2.05, 4.69) is 5.32 Å². The fourth-order valence-corrected chi connectivity index (χ4v) is 4.92. The molecule has 0 aliphatic heterocycles. The van der Waals surface area contributed by atoms with Gasteiger partial charge in [-0.15, -0.1) is 0 Å². The summed E-state index contributed by atoms with van der Waals surface area (Å²) < 4.78 is 34.0. The highest BCUT2D eigenvalue weighted by Gasteiger charge is 2.30. The molecule has 1 amide bonds. The maximum atomic E-state index is 13.8. The molecule has 7 heteroatoms. The number of amides is 1. The van der Waals surface area contributed by atoms with Crippen LogP contribution in [-0.2, 0) is 14.8 Å². The third kappa shape index (κ3) is 5.11. The van der Waals surface area contributed by atoms with Crippen LogP contribution in [0.4, 0.5) is 11.4 Å². The summed E-state index contributed by atoms with van der Waals surface area (Å²) in [7, 11) is -2.67. The molecule has 0 spiro atoms. The SMILES string of the molecule is COc1ccc(C)cc1S(=O)(=O)N(CC(=O)Nc1ccc(C)cc1)c1ccc(C)c(C)c1. The van der Waals surface area contributed by atoms with Crippen LogP contribution in [-0.4, -0.2) is 28.0 Å². The number of carbonyl (C=O) groups excluding carboxylic acids is 1. The minimum Gasteiger partial charge on any atom is -0.495 e. The van der Waals surface area contributed by atoms with Crippen molar-refractivity contribution in [2.24, 2.45) is 0 Å². The van der Waals surface area contributed by atoms with Crippen LogP contribution in [0.5, 0.6) is 5.75 Å². The quantitative estimate of drug-likeness (QED) is 0.561. The topological polar surface area (TPSA) is 75.7 Å².